The standard InChI is InChI=1S/C13H18Cl2N2O3S/c1-2-13(18)16-10-5-6-11(15)12(9-10)17-21(19,20)8-4-3-7-14/h5-6,9,17H,2-4,7-8H2,1H3,(H,16,18). The Morgan fingerprint density at radius 2 is 2.00 bits per heavy atom. The lowest BCUT2D eigenvalue weighted by Gasteiger charge is -2.11. The van der Waals surface area contributed by atoms with Crippen LogP contribution >= 0.6 is 23.2 Å². The molecule has 0 aromatic heterocycles. The van der Waals surface area contributed by atoms with Crippen LogP contribution in [0.1, 0.15) is 26.2 Å². The quantitative estimate of drug-likeness (QED) is 0.555. The summed E-state index contributed by atoms with van der Waals surface area (Å²) in [5.41, 5.74) is 0.737. The fourth-order valence-electron chi connectivity index (χ4n) is 1.54. The van der Waals surface area contributed by atoms with Gasteiger partial charge in [0.15, 0.2) is 0 Å². The molecule has 1 aromatic rings. The van der Waals surface area contributed by atoms with Gasteiger partial charge in [0.25, 0.3) is 0 Å². The molecule has 0 aliphatic rings. The highest BCUT2D eigenvalue weighted by atomic mass is 35.5. The van der Waals surface area contributed by atoms with Crippen LogP contribution in [0.5, 0.6) is 0 Å². The predicted octanol–water partition coefficient (Wildman–Crippen LogP) is 3.45. The number of alkyl halides is 1. The minimum Gasteiger partial charge on any atom is -0.326 e. The van der Waals surface area contributed by atoms with Crippen molar-refractivity contribution in [1.29, 1.82) is 0 Å². The van der Waals surface area contributed by atoms with Gasteiger partial charge < -0.3 is 5.32 Å². The Kier molecular flexibility index (Phi) is 7.28. The van der Waals surface area contributed by atoms with E-state index in [4.69, 9.17) is 23.2 Å². The van der Waals surface area contributed by atoms with Gasteiger partial charge >= 0.3 is 0 Å². The molecule has 1 amide bonds. The van der Waals surface area contributed by atoms with Crippen molar-refractivity contribution in [3.63, 3.8) is 0 Å². The Bertz CT molecular complexity index is 591. The number of hydrogen-bond acceptors (Lipinski definition) is 3. The summed E-state index contributed by atoms with van der Waals surface area (Å²) in [6.07, 6.45) is 1.44. The van der Waals surface area contributed by atoms with E-state index in [-0.39, 0.29) is 22.4 Å². The molecule has 118 valence electrons. The van der Waals surface area contributed by atoms with E-state index in [0.29, 0.717) is 30.8 Å². The summed E-state index contributed by atoms with van der Waals surface area (Å²) < 4.78 is 26.3. The van der Waals surface area contributed by atoms with Gasteiger partial charge in [0.1, 0.15) is 0 Å². The van der Waals surface area contributed by atoms with Crippen LogP contribution in [0, 0.1) is 0 Å². The largest absolute Gasteiger partial charge is 0.326 e. The number of rotatable bonds is 8. The molecule has 8 heteroatoms. The molecule has 0 spiro atoms. The summed E-state index contributed by atoms with van der Waals surface area (Å²) in [7, 11) is -3.49. The van der Waals surface area contributed by atoms with Gasteiger partial charge in [-0.3, -0.25) is 9.52 Å². The Morgan fingerprint density at radius 1 is 1.29 bits per heavy atom. The number of unbranched alkanes of at least 4 members (excludes halogenated alkanes) is 1. The SMILES string of the molecule is CCC(=O)Nc1ccc(Cl)c(NS(=O)(=O)CCCCCl)c1. The third-order valence-corrected chi connectivity index (χ3v) is 4.59. The van der Waals surface area contributed by atoms with Gasteiger partial charge in [-0.25, -0.2) is 8.42 Å². The second-order valence-electron chi connectivity index (χ2n) is 4.41. The highest BCUT2D eigenvalue weighted by Crippen LogP contribution is 2.26. The molecule has 21 heavy (non-hydrogen) atoms. The molecular weight excluding hydrogens is 335 g/mol. The molecule has 0 heterocycles. The van der Waals surface area contributed by atoms with E-state index >= 15 is 0 Å². The van der Waals surface area contributed by atoms with Crippen LogP contribution in [0.2, 0.25) is 5.02 Å². The summed E-state index contributed by atoms with van der Waals surface area (Å²) in [6, 6.07) is 4.64. The number of benzene rings is 1. The van der Waals surface area contributed by atoms with Gasteiger partial charge in [0, 0.05) is 18.0 Å². The summed E-state index contributed by atoms with van der Waals surface area (Å²) in [6.45, 7) is 1.73. The van der Waals surface area contributed by atoms with E-state index < -0.39 is 10.0 Å². The lowest BCUT2D eigenvalue weighted by atomic mass is 10.2. The topological polar surface area (TPSA) is 75.3 Å². The number of hydrogen-bond donors (Lipinski definition) is 2. The first-order valence-corrected chi connectivity index (χ1v) is 9.10. The van der Waals surface area contributed by atoms with E-state index in [1.165, 1.54) is 12.1 Å². The maximum Gasteiger partial charge on any atom is 0.232 e. The molecule has 2 N–H and O–H groups in total. The van der Waals surface area contributed by atoms with Crippen molar-refractivity contribution < 1.29 is 13.2 Å². The molecule has 5 nitrogen and oxygen atoms in total. The Labute approximate surface area is 135 Å². The van der Waals surface area contributed by atoms with Crippen molar-refractivity contribution in [2.75, 3.05) is 21.7 Å². The molecule has 0 unspecified atom stereocenters. The van der Waals surface area contributed by atoms with Crippen molar-refractivity contribution in [1.82, 2.24) is 0 Å². The van der Waals surface area contributed by atoms with Crippen LogP contribution in [-0.4, -0.2) is 26.0 Å². The first-order chi connectivity index (χ1) is 9.88. The maximum atomic E-state index is 11.9. The third kappa shape index (κ3) is 6.54. The molecule has 0 aliphatic carbocycles. The van der Waals surface area contributed by atoms with Crippen molar-refractivity contribution in [3.8, 4) is 0 Å². The number of amides is 1. The van der Waals surface area contributed by atoms with E-state index in [1.807, 2.05) is 0 Å². The van der Waals surface area contributed by atoms with Gasteiger partial charge in [0.05, 0.1) is 16.5 Å². The number of carbonyl (C=O) groups is 1. The summed E-state index contributed by atoms with van der Waals surface area (Å²) in [5, 5.41) is 2.92. The second kappa shape index (κ2) is 8.46. The monoisotopic (exact) mass is 352 g/mol. The van der Waals surface area contributed by atoms with Gasteiger partial charge in [-0.15, -0.1) is 11.6 Å². The van der Waals surface area contributed by atoms with Gasteiger partial charge in [-0.2, -0.15) is 0 Å². The number of halogens is 2. The van der Waals surface area contributed by atoms with Crippen LogP contribution in [0.15, 0.2) is 18.2 Å². The zero-order valence-corrected chi connectivity index (χ0v) is 14.0. The normalized spacial score (nSPS) is 11.2. The van der Waals surface area contributed by atoms with Crippen molar-refractivity contribution in [3.05, 3.63) is 23.2 Å². The average molecular weight is 353 g/mol. The molecule has 0 saturated carbocycles. The molecule has 0 aliphatic heterocycles. The highest BCUT2D eigenvalue weighted by molar-refractivity contribution is 7.92. The summed E-state index contributed by atoms with van der Waals surface area (Å²) >= 11 is 11.5. The predicted molar refractivity (Wildman–Crippen MR) is 87.7 cm³/mol. The van der Waals surface area contributed by atoms with Crippen molar-refractivity contribution >= 4 is 50.5 Å². The maximum absolute atomic E-state index is 11.9. The number of sulfonamides is 1. The third-order valence-electron chi connectivity index (χ3n) is 2.63. The molecule has 1 aromatic carbocycles. The van der Waals surface area contributed by atoms with Gasteiger partial charge in [0.2, 0.25) is 15.9 Å². The first-order valence-electron chi connectivity index (χ1n) is 6.54. The molecule has 0 saturated heterocycles. The van der Waals surface area contributed by atoms with Crippen LogP contribution < -0.4 is 10.0 Å². The minimum atomic E-state index is -3.49. The smallest absolute Gasteiger partial charge is 0.232 e. The Balaban J connectivity index is 2.82. The first kappa shape index (κ1) is 18.1. The zero-order valence-electron chi connectivity index (χ0n) is 11.7. The number of carbonyl (C=O) groups excluding carboxylic acids is 1. The second-order valence-corrected chi connectivity index (χ2v) is 7.04. The summed E-state index contributed by atoms with van der Waals surface area (Å²) in [4.78, 5) is 11.3. The number of anilines is 2. The van der Waals surface area contributed by atoms with Crippen molar-refractivity contribution in [2.45, 2.75) is 26.2 Å². The van der Waals surface area contributed by atoms with Crippen LogP contribution in [0.25, 0.3) is 0 Å². The lowest BCUT2D eigenvalue weighted by Crippen LogP contribution is -2.17. The average Bonchev–Trinajstić information content (AvgIpc) is 2.42. The molecule has 1 rings (SSSR count). The molecule has 0 bridgehead atoms. The summed E-state index contributed by atoms with van der Waals surface area (Å²) in [5.74, 6) is 0.240. The minimum absolute atomic E-state index is 0.0262. The van der Waals surface area contributed by atoms with Gasteiger partial charge in [-0.1, -0.05) is 18.5 Å². The lowest BCUT2D eigenvalue weighted by molar-refractivity contribution is -0.115. The van der Waals surface area contributed by atoms with Gasteiger partial charge in [-0.05, 0) is 31.0 Å². The Hall–Kier alpha value is -0.980. The van der Waals surface area contributed by atoms with E-state index in [0.717, 1.165) is 0 Å². The van der Waals surface area contributed by atoms with E-state index in [9.17, 15) is 13.2 Å². The van der Waals surface area contributed by atoms with E-state index in [2.05, 4.69) is 10.0 Å². The zero-order chi connectivity index (χ0) is 15.9. The highest BCUT2D eigenvalue weighted by Gasteiger charge is 2.13. The molecule has 0 fully saturated rings. The van der Waals surface area contributed by atoms with Crippen LogP contribution in [0.4, 0.5) is 11.4 Å². The molecule has 0 radical (unpaired) electrons. The van der Waals surface area contributed by atoms with Crippen LogP contribution in [-0.2, 0) is 14.8 Å². The fraction of sp³-hybridized carbons (Fsp3) is 0.462. The van der Waals surface area contributed by atoms with Crippen molar-refractivity contribution in [2.24, 2.45) is 0 Å². The van der Waals surface area contributed by atoms with E-state index in [1.54, 1.807) is 13.0 Å². The molecular formula is C13H18Cl2N2O3S. The van der Waals surface area contributed by atoms with Crippen LogP contribution in [0.3, 0.4) is 0 Å². The fourth-order valence-corrected chi connectivity index (χ4v) is 3.14. The Morgan fingerprint density at radius 3 is 2.62 bits per heavy atom. The number of nitrogens with one attached hydrogen (secondary N) is 2. The molecule has 0 atom stereocenters.